The maximum atomic E-state index is 11.3. The highest BCUT2D eigenvalue weighted by Gasteiger charge is 2.30. The third-order valence-electron chi connectivity index (χ3n) is 6.47. The van der Waals surface area contributed by atoms with Crippen LogP contribution in [-0.4, -0.2) is 49.9 Å². The molecular weight excluding hydrogens is 494 g/mol. The van der Waals surface area contributed by atoms with Crippen molar-refractivity contribution in [2.75, 3.05) is 25.1 Å². The summed E-state index contributed by atoms with van der Waals surface area (Å²) >= 11 is 6.34. The first-order valence-corrected chi connectivity index (χ1v) is 12.4. The smallest absolute Gasteiger partial charge is 0.273 e. The van der Waals surface area contributed by atoms with E-state index in [0.717, 1.165) is 29.9 Å². The van der Waals surface area contributed by atoms with Gasteiger partial charge in [0.2, 0.25) is 5.28 Å². The number of nitro groups is 1. The van der Waals surface area contributed by atoms with E-state index in [2.05, 4.69) is 37.1 Å². The Labute approximate surface area is 219 Å². The molecule has 10 nitrogen and oxygen atoms in total. The molecule has 0 radical (unpaired) electrons. The van der Waals surface area contributed by atoms with Crippen LogP contribution in [0.25, 0.3) is 5.69 Å². The van der Waals surface area contributed by atoms with Crippen molar-refractivity contribution in [1.82, 2.24) is 24.7 Å². The highest BCUT2D eigenvalue weighted by molar-refractivity contribution is 6.28. The Balaban J connectivity index is 1.28. The molecule has 0 bridgehead atoms. The number of benzene rings is 2. The molecule has 0 saturated heterocycles. The van der Waals surface area contributed by atoms with Gasteiger partial charge in [0.15, 0.2) is 5.75 Å². The Kier molecular flexibility index (Phi) is 7.00. The van der Waals surface area contributed by atoms with Gasteiger partial charge in [-0.05, 0) is 49.4 Å². The summed E-state index contributed by atoms with van der Waals surface area (Å²) in [4.78, 5) is 26.2. The van der Waals surface area contributed by atoms with Crippen molar-refractivity contribution in [2.45, 2.75) is 32.1 Å². The molecule has 0 N–H and O–H groups in total. The molecule has 5 rings (SSSR count). The van der Waals surface area contributed by atoms with Crippen LogP contribution in [0.3, 0.4) is 0 Å². The molecule has 1 aliphatic rings. The van der Waals surface area contributed by atoms with E-state index in [0.29, 0.717) is 36.8 Å². The molecular formula is C26H26ClN7O3. The molecule has 11 heteroatoms. The zero-order valence-electron chi connectivity index (χ0n) is 20.5. The highest BCUT2D eigenvalue weighted by atomic mass is 35.5. The van der Waals surface area contributed by atoms with Crippen LogP contribution in [0.1, 0.15) is 41.4 Å². The molecule has 2 aromatic carbocycles. The minimum Gasteiger partial charge on any atom is -0.491 e. The molecule has 2 aromatic heterocycles. The molecule has 0 spiro atoms. The summed E-state index contributed by atoms with van der Waals surface area (Å²) in [5, 5.41) is 15.8. The topological polar surface area (TPSA) is 112 Å². The van der Waals surface area contributed by atoms with Crippen LogP contribution >= 0.6 is 11.6 Å². The van der Waals surface area contributed by atoms with E-state index in [9.17, 15) is 10.1 Å². The number of aryl methyl sites for hydroxylation is 1. The fourth-order valence-electron chi connectivity index (χ4n) is 4.71. The number of nitrogens with zero attached hydrogens (tertiary/aromatic N) is 7. The van der Waals surface area contributed by atoms with Crippen molar-refractivity contribution in [3.8, 4) is 11.4 Å². The monoisotopic (exact) mass is 519 g/mol. The standard InChI is InChI=1S/C26H26ClN7O3/c1-17-28-16-33(31-17)22-12-9-19(34(35)36)15-23(22)37-14-6-13-32(2)25-21-11-10-20(18-7-4-3-5-8-18)24(21)29-26(27)30-25/h3-5,7-9,12,15-16,20H,6,10-11,13-14H2,1-2H3. The Hall–Kier alpha value is -4.05. The summed E-state index contributed by atoms with van der Waals surface area (Å²) in [6.07, 6.45) is 4.07. The van der Waals surface area contributed by atoms with Gasteiger partial charge < -0.3 is 9.64 Å². The van der Waals surface area contributed by atoms with Crippen molar-refractivity contribution in [1.29, 1.82) is 0 Å². The van der Waals surface area contributed by atoms with E-state index in [1.807, 2.05) is 25.2 Å². The molecule has 1 atom stereocenters. The zero-order chi connectivity index (χ0) is 25.9. The number of rotatable bonds is 9. The molecule has 4 aromatic rings. The second kappa shape index (κ2) is 10.5. The van der Waals surface area contributed by atoms with E-state index in [4.69, 9.17) is 16.3 Å². The molecule has 0 fully saturated rings. The molecule has 0 amide bonds. The number of halogens is 1. The first-order chi connectivity index (χ1) is 17.9. The first kappa shape index (κ1) is 24.6. The van der Waals surface area contributed by atoms with Gasteiger partial charge in [-0.15, -0.1) is 0 Å². The van der Waals surface area contributed by atoms with Crippen LogP contribution in [0.4, 0.5) is 11.5 Å². The van der Waals surface area contributed by atoms with Gasteiger partial charge in [0.1, 0.15) is 23.7 Å². The van der Waals surface area contributed by atoms with Gasteiger partial charge in [-0.3, -0.25) is 10.1 Å². The lowest BCUT2D eigenvalue weighted by atomic mass is 9.97. The summed E-state index contributed by atoms with van der Waals surface area (Å²) in [7, 11) is 1.98. The molecule has 0 saturated carbocycles. The lowest BCUT2D eigenvalue weighted by Crippen LogP contribution is -2.23. The average molecular weight is 520 g/mol. The molecule has 2 heterocycles. The Bertz CT molecular complexity index is 1430. The van der Waals surface area contributed by atoms with Crippen LogP contribution in [0, 0.1) is 17.0 Å². The largest absolute Gasteiger partial charge is 0.491 e. The van der Waals surface area contributed by atoms with E-state index in [1.165, 1.54) is 17.7 Å². The predicted octanol–water partition coefficient (Wildman–Crippen LogP) is 4.91. The van der Waals surface area contributed by atoms with E-state index in [1.54, 1.807) is 24.0 Å². The lowest BCUT2D eigenvalue weighted by Gasteiger charge is -2.22. The van der Waals surface area contributed by atoms with Crippen LogP contribution in [-0.2, 0) is 6.42 Å². The van der Waals surface area contributed by atoms with Crippen molar-refractivity contribution in [2.24, 2.45) is 0 Å². The van der Waals surface area contributed by atoms with Crippen LogP contribution < -0.4 is 9.64 Å². The molecule has 1 aliphatic carbocycles. The number of ether oxygens (including phenoxy) is 1. The Morgan fingerprint density at radius 1 is 1.22 bits per heavy atom. The Morgan fingerprint density at radius 2 is 2.03 bits per heavy atom. The van der Waals surface area contributed by atoms with Gasteiger partial charge in [-0.1, -0.05) is 30.3 Å². The van der Waals surface area contributed by atoms with Crippen molar-refractivity contribution in [3.63, 3.8) is 0 Å². The van der Waals surface area contributed by atoms with E-state index < -0.39 is 4.92 Å². The van der Waals surface area contributed by atoms with Crippen LogP contribution in [0.2, 0.25) is 5.28 Å². The quantitative estimate of drug-likeness (QED) is 0.133. The number of aromatic nitrogens is 5. The summed E-state index contributed by atoms with van der Waals surface area (Å²) in [5.74, 6) is 2.01. The predicted molar refractivity (Wildman–Crippen MR) is 140 cm³/mol. The second-order valence-corrected chi connectivity index (χ2v) is 9.29. The number of anilines is 1. The summed E-state index contributed by atoms with van der Waals surface area (Å²) < 4.78 is 7.54. The summed E-state index contributed by atoms with van der Waals surface area (Å²) in [5.41, 5.74) is 3.89. The van der Waals surface area contributed by atoms with Gasteiger partial charge in [0, 0.05) is 31.1 Å². The molecule has 190 valence electrons. The summed E-state index contributed by atoms with van der Waals surface area (Å²) in [6, 6.07) is 14.8. The first-order valence-electron chi connectivity index (χ1n) is 12.0. The fourth-order valence-corrected chi connectivity index (χ4v) is 4.88. The van der Waals surface area contributed by atoms with Crippen LogP contribution in [0.15, 0.2) is 54.9 Å². The number of fused-ring (bicyclic) bond motifs is 1. The van der Waals surface area contributed by atoms with Gasteiger partial charge in [0.05, 0.1) is 23.3 Å². The third kappa shape index (κ3) is 5.24. The van der Waals surface area contributed by atoms with E-state index in [-0.39, 0.29) is 16.9 Å². The lowest BCUT2D eigenvalue weighted by molar-refractivity contribution is -0.384. The molecule has 0 aliphatic heterocycles. The van der Waals surface area contributed by atoms with Gasteiger partial charge in [-0.2, -0.15) is 5.10 Å². The fraction of sp³-hybridized carbons (Fsp3) is 0.308. The molecule has 1 unspecified atom stereocenters. The second-order valence-electron chi connectivity index (χ2n) is 8.95. The zero-order valence-corrected chi connectivity index (χ0v) is 21.3. The van der Waals surface area contributed by atoms with Crippen molar-refractivity contribution in [3.05, 3.63) is 92.9 Å². The number of nitro benzene ring substituents is 1. The number of non-ortho nitro benzene ring substituents is 1. The average Bonchev–Trinajstić information content (AvgIpc) is 3.52. The van der Waals surface area contributed by atoms with Gasteiger partial charge in [-0.25, -0.2) is 19.6 Å². The normalized spacial score (nSPS) is 14.4. The van der Waals surface area contributed by atoms with Gasteiger partial charge >= 0.3 is 0 Å². The minimum absolute atomic E-state index is 0.0492. The third-order valence-corrected chi connectivity index (χ3v) is 6.64. The maximum absolute atomic E-state index is 11.3. The maximum Gasteiger partial charge on any atom is 0.273 e. The summed E-state index contributed by atoms with van der Waals surface area (Å²) in [6.45, 7) is 2.78. The Morgan fingerprint density at radius 3 is 2.76 bits per heavy atom. The van der Waals surface area contributed by atoms with Crippen molar-refractivity contribution < 1.29 is 9.66 Å². The van der Waals surface area contributed by atoms with Crippen molar-refractivity contribution >= 4 is 23.1 Å². The number of hydrogen-bond acceptors (Lipinski definition) is 8. The van der Waals surface area contributed by atoms with E-state index >= 15 is 0 Å². The minimum atomic E-state index is -0.445. The number of hydrogen-bond donors (Lipinski definition) is 0. The van der Waals surface area contributed by atoms with Crippen LogP contribution in [0.5, 0.6) is 5.75 Å². The molecule has 37 heavy (non-hydrogen) atoms. The highest BCUT2D eigenvalue weighted by Crippen LogP contribution is 2.40. The SMILES string of the molecule is Cc1ncn(-c2ccc([N+](=O)[O-])cc2OCCCN(C)c2nc(Cl)nc3c2CCC3c2ccccc2)n1. The van der Waals surface area contributed by atoms with Gasteiger partial charge in [0.25, 0.3) is 5.69 Å².